The zero-order chi connectivity index (χ0) is 14.3. The predicted molar refractivity (Wildman–Crippen MR) is 76.1 cm³/mol. The Bertz CT molecular complexity index is 475. The first-order valence-electron chi connectivity index (χ1n) is 7.26. The maximum absolute atomic E-state index is 14.5. The number of likely N-dealkylation sites (tertiary alicyclic amines) is 1. The molecule has 6 heteroatoms. The second kappa shape index (κ2) is 5.62. The summed E-state index contributed by atoms with van der Waals surface area (Å²) < 4.78 is 21.4. The Balaban J connectivity index is 1.72. The molecule has 2 atom stereocenters. The van der Waals surface area contributed by atoms with Crippen molar-refractivity contribution in [3.8, 4) is 0 Å². The molecule has 2 aliphatic rings. The minimum absolute atomic E-state index is 0.243. The summed E-state index contributed by atoms with van der Waals surface area (Å²) in [7, 11) is 0. The fraction of sp³-hybridized carbons (Fsp3) is 0.786. The van der Waals surface area contributed by atoms with Gasteiger partial charge in [-0.15, -0.1) is 0 Å². The van der Waals surface area contributed by atoms with Gasteiger partial charge in [0.2, 0.25) is 0 Å². The Kier molecular flexibility index (Phi) is 4.02. The van der Waals surface area contributed by atoms with Crippen molar-refractivity contribution in [1.82, 2.24) is 14.7 Å². The van der Waals surface area contributed by atoms with Crippen LogP contribution >= 0.6 is 11.6 Å². The molecule has 3 rings (SSSR count). The average molecular weight is 302 g/mol. The number of nitrogens with zero attached hydrogens (tertiary/aromatic N) is 3. The lowest BCUT2D eigenvalue weighted by atomic mass is 10.0. The molecule has 3 heterocycles. The largest absolute Gasteiger partial charge is 0.378 e. The predicted octanol–water partition coefficient (Wildman–Crippen LogP) is 2.64. The van der Waals surface area contributed by atoms with Crippen molar-refractivity contribution in [2.24, 2.45) is 0 Å². The molecule has 2 saturated heterocycles. The van der Waals surface area contributed by atoms with Crippen LogP contribution in [0.2, 0.25) is 5.15 Å². The van der Waals surface area contributed by atoms with E-state index < -0.39 is 6.17 Å². The van der Waals surface area contributed by atoms with Gasteiger partial charge >= 0.3 is 0 Å². The van der Waals surface area contributed by atoms with E-state index in [9.17, 15) is 4.39 Å². The highest BCUT2D eigenvalue weighted by atomic mass is 35.5. The molecule has 1 aromatic rings. The van der Waals surface area contributed by atoms with Crippen molar-refractivity contribution in [3.63, 3.8) is 0 Å². The van der Waals surface area contributed by atoms with Gasteiger partial charge in [0.15, 0.2) is 0 Å². The van der Waals surface area contributed by atoms with Crippen molar-refractivity contribution < 1.29 is 9.13 Å². The topological polar surface area (TPSA) is 30.3 Å². The lowest BCUT2D eigenvalue weighted by molar-refractivity contribution is -0.0847. The summed E-state index contributed by atoms with van der Waals surface area (Å²) in [5.41, 5.74) is 0.994. The zero-order valence-corrected chi connectivity index (χ0v) is 12.7. The quantitative estimate of drug-likeness (QED) is 0.860. The number of piperidine rings is 1. The summed E-state index contributed by atoms with van der Waals surface area (Å²) in [4.78, 5) is 2.19. The normalized spacial score (nSPS) is 28.9. The molecule has 4 nitrogen and oxygen atoms in total. The third-order valence-electron chi connectivity index (χ3n) is 4.37. The molecule has 0 radical (unpaired) electrons. The van der Waals surface area contributed by atoms with Gasteiger partial charge in [-0.2, -0.15) is 5.10 Å². The van der Waals surface area contributed by atoms with Crippen molar-refractivity contribution in [2.45, 2.75) is 44.4 Å². The first kappa shape index (κ1) is 14.3. The van der Waals surface area contributed by atoms with E-state index in [0.29, 0.717) is 23.7 Å². The summed E-state index contributed by atoms with van der Waals surface area (Å²) in [5, 5.41) is 4.91. The Labute approximate surface area is 123 Å². The summed E-state index contributed by atoms with van der Waals surface area (Å²) in [6.07, 6.45) is 1.59. The molecule has 20 heavy (non-hydrogen) atoms. The fourth-order valence-corrected chi connectivity index (χ4v) is 3.37. The van der Waals surface area contributed by atoms with Crippen LogP contribution in [0.3, 0.4) is 0 Å². The van der Waals surface area contributed by atoms with Crippen LogP contribution in [0, 0.1) is 0 Å². The maximum Gasteiger partial charge on any atom is 0.135 e. The lowest BCUT2D eigenvalue weighted by Crippen LogP contribution is -2.55. The highest BCUT2D eigenvalue weighted by Crippen LogP contribution is 2.33. The highest BCUT2D eigenvalue weighted by molar-refractivity contribution is 6.30. The average Bonchev–Trinajstić information content (AvgIpc) is 2.69. The van der Waals surface area contributed by atoms with Gasteiger partial charge in [0.25, 0.3) is 0 Å². The number of aromatic nitrogens is 2. The SMILES string of the molecule is CC(C)c1cnn(C2CCN(C3COC3)C[C@@H]2F)c1Cl. The molecule has 0 aromatic carbocycles. The molecule has 0 spiro atoms. The lowest BCUT2D eigenvalue weighted by Gasteiger charge is -2.42. The van der Waals surface area contributed by atoms with E-state index in [1.165, 1.54) is 0 Å². The van der Waals surface area contributed by atoms with Crippen LogP contribution in [0.25, 0.3) is 0 Å². The van der Waals surface area contributed by atoms with Crippen molar-refractivity contribution in [3.05, 3.63) is 16.9 Å². The molecule has 1 unspecified atom stereocenters. The molecule has 2 fully saturated rings. The minimum Gasteiger partial charge on any atom is -0.378 e. The Morgan fingerprint density at radius 2 is 2.20 bits per heavy atom. The molecule has 0 aliphatic carbocycles. The first-order valence-corrected chi connectivity index (χ1v) is 7.64. The molecule has 0 amide bonds. The van der Waals surface area contributed by atoms with Crippen LogP contribution in [-0.2, 0) is 4.74 Å². The molecule has 2 aliphatic heterocycles. The summed E-state index contributed by atoms with van der Waals surface area (Å²) in [5.74, 6) is 0.307. The van der Waals surface area contributed by atoms with E-state index in [-0.39, 0.29) is 6.04 Å². The van der Waals surface area contributed by atoms with Gasteiger partial charge < -0.3 is 4.74 Å². The van der Waals surface area contributed by atoms with E-state index in [4.69, 9.17) is 16.3 Å². The number of ether oxygens (including phenoxy) is 1. The Morgan fingerprint density at radius 1 is 1.45 bits per heavy atom. The van der Waals surface area contributed by atoms with Crippen LogP contribution < -0.4 is 0 Å². The van der Waals surface area contributed by atoms with Crippen LogP contribution in [0.1, 0.15) is 37.8 Å². The van der Waals surface area contributed by atoms with E-state index in [2.05, 4.69) is 23.8 Å². The maximum atomic E-state index is 14.5. The smallest absolute Gasteiger partial charge is 0.135 e. The standard InChI is InChI=1S/C14H21ClFN3O/c1-9(2)11-5-17-19(14(11)15)13-3-4-18(6-12(13)16)10-7-20-8-10/h5,9-10,12-13H,3-4,6-8H2,1-2H3/t12-,13?/m0/s1. The Hall–Kier alpha value is -0.650. The molecule has 0 bridgehead atoms. The van der Waals surface area contributed by atoms with Crippen molar-refractivity contribution in [2.75, 3.05) is 26.3 Å². The van der Waals surface area contributed by atoms with E-state index in [1.54, 1.807) is 10.9 Å². The third-order valence-corrected chi connectivity index (χ3v) is 4.76. The van der Waals surface area contributed by atoms with Gasteiger partial charge in [-0.3, -0.25) is 4.90 Å². The second-order valence-corrected chi connectivity index (χ2v) is 6.41. The highest BCUT2D eigenvalue weighted by Gasteiger charge is 2.37. The third kappa shape index (κ3) is 2.47. The number of alkyl halides is 1. The van der Waals surface area contributed by atoms with Crippen LogP contribution in [-0.4, -0.2) is 53.2 Å². The zero-order valence-electron chi connectivity index (χ0n) is 11.9. The summed E-state index contributed by atoms with van der Waals surface area (Å²) >= 11 is 6.36. The molecule has 0 saturated carbocycles. The van der Waals surface area contributed by atoms with E-state index in [0.717, 1.165) is 31.7 Å². The van der Waals surface area contributed by atoms with Crippen LogP contribution in [0.15, 0.2) is 6.20 Å². The van der Waals surface area contributed by atoms with Gasteiger partial charge in [0.05, 0.1) is 31.5 Å². The summed E-state index contributed by atoms with van der Waals surface area (Å²) in [6.45, 7) is 6.94. The van der Waals surface area contributed by atoms with Gasteiger partial charge in [0.1, 0.15) is 11.3 Å². The molecule has 1 aromatic heterocycles. The first-order chi connectivity index (χ1) is 9.58. The molecule has 112 valence electrons. The van der Waals surface area contributed by atoms with Gasteiger partial charge in [-0.25, -0.2) is 9.07 Å². The van der Waals surface area contributed by atoms with Gasteiger partial charge in [0, 0.05) is 18.7 Å². The van der Waals surface area contributed by atoms with Gasteiger partial charge in [-0.05, 0) is 12.3 Å². The number of halogens is 2. The molecule has 0 N–H and O–H groups in total. The van der Waals surface area contributed by atoms with Crippen molar-refractivity contribution in [1.29, 1.82) is 0 Å². The minimum atomic E-state index is -0.929. The fourth-order valence-electron chi connectivity index (χ4n) is 2.94. The number of hydrogen-bond donors (Lipinski definition) is 0. The molecular formula is C14H21ClFN3O. The van der Waals surface area contributed by atoms with Crippen LogP contribution in [0.5, 0.6) is 0 Å². The van der Waals surface area contributed by atoms with Crippen LogP contribution in [0.4, 0.5) is 4.39 Å². The number of rotatable bonds is 3. The van der Waals surface area contributed by atoms with E-state index in [1.807, 2.05) is 0 Å². The second-order valence-electron chi connectivity index (χ2n) is 6.05. The van der Waals surface area contributed by atoms with Crippen molar-refractivity contribution >= 4 is 11.6 Å². The Morgan fingerprint density at radius 3 is 2.70 bits per heavy atom. The number of hydrogen-bond acceptors (Lipinski definition) is 3. The van der Waals surface area contributed by atoms with Gasteiger partial charge in [-0.1, -0.05) is 25.4 Å². The van der Waals surface area contributed by atoms with E-state index >= 15 is 0 Å². The summed E-state index contributed by atoms with van der Waals surface area (Å²) in [6, 6.07) is 0.153. The molecular weight excluding hydrogens is 281 g/mol. The monoisotopic (exact) mass is 301 g/mol.